The summed E-state index contributed by atoms with van der Waals surface area (Å²) in [6.45, 7) is 5.65. The molecular formula is C19H30N2O5S. The van der Waals surface area contributed by atoms with E-state index in [1.165, 1.54) is 4.31 Å². The lowest BCUT2D eigenvalue weighted by molar-refractivity contribution is -0.142. The average Bonchev–Trinajstić information content (AvgIpc) is 2.63. The van der Waals surface area contributed by atoms with Gasteiger partial charge >= 0.3 is 5.97 Å². The topological polar surface area (TPSA) is 95.9 Å². The Kier molecular flexibility index (Phi) is 8.07. The Morgan fingerprint density at radius 1 is 1.33 bits per heavy atom. The van der Waals surface area contributed by atoms with Crippen molar-refractivity contribution in [2.24, 2.45) is 11.8 Å². The second-order valence-electron chi connectivity index (χ2n) is 7.36. The Hall–Kier alpha value is -1.64. The maximum Gasteiger partial charge on any atom is 0.307 e. The van der Waals surface area contributed by atoms with E-state index in [0.29, 0.717) is 38.3 Å². The zero-order chi connectivity index (χ0) is 19.9. The fourth-order valence-electron chi connectivity index (χ4n) is 2.94. The third-order valence-corrected chi connectivity index (χ3v) is 6.24. The molecule has 1 aromatic rings. The largest absolute Gasteiger partial charge is 0.494 e. The van der Waals surface area contributed by atoms with Crippen LogP contribution in [0.3, 0.4) is 0 Å². The highest BCUT2D eigenvalue weighted by molar-refractivity contribution is 7.87. The number of rotatable bonds is 10. The first kappa shape index (κ1) is 21.7. The molecular weight excluding hydrogens is 368 g/mol. The van der Waals surface area contributed by atoms with E-state index in [1.807, 2.05) is 24.3 Å². The second-order valence-corrected chi connectivity index (χ2v) is 9.11. The first-order valence-electron chi connectivity index (χ1n) is 9.47. The molecule has 0 saturated carbocycles. The van der Waals surface area contributed by atoms with E-state index in [1.54, 1.807) is 0 Å². The highest BCUT2D eigenvalue weighted by Crippen LogP contribution is 2.19. The van der Waals surface area contributed by atoms with E-state index in [-0.39, 0.29) is 13.1 Å². The fraction of sp³-hybridized carbons (Fsp3) is 0.632. The molecule has 7 nitrogen and oxygen atoms in total. The number of ether oxygens (including phenoxy) is 1. The van der Waals surface area contributed by atoms with Crippen LogP contribution in [0.5, 0.6) is 5.75 Å². The molecule has 0 radical (unpaired) electrons. The lowest BCUT2D eigenvalue weighted by Crippen LogP contribution is -2.47. The summed E-state index contributed by atoms with van der Waals surface area (Å²) in [5, 5.41) is 9.10. The fourth-order valence-corrected chi connectivity index (χ4v) is 4.23. The number of carbonyl (C=O) groups is 1. The number of piperidine rings is 1. The number of aliphatic carboxylic acids is 1. The molecule has 0 spiro atoms. The van der Waals surface area contributed by atoms with Crippen LogP contribution < -0.4 is 9.46 Å². The Bertz CT molecular complexity index is 703. The molecule has 1 aromatic carbocycles. The van der Waals surface area contributed by atoms with Crippen molar-refractivity contribution >= 4 is 16.2 Å². The minimum Gasteiger partial charge on any atom is -0.494 e. The quantitative estimate of drug-likeness (QED) is 0.630. The molecule has 2 N–H and O–H groups in total. The van der Waals surface area contributed by atoms with Gasteiger partial charge in [0.2, 0.25) is 0 Å². The van der Waals surface area contributed by atoms with Crippen molar-refractivity contribution in [1.29, 1.82) is 0 Å². The van der Waals surface area contributed by atoms with Gasteiger partial charge in [0.25, 0.3) is 10.2 Å². The minimum absolute atomic E-state index is 0.0348. The molecule has 0 bridgehead atoms. The summed E-state index contributed by atoms with van der Waals surface area (Å²) >= 11 is 0. The lowest BCUT2D eigenvalue weighted by atomic mass is 10.0. The molecule has 0 amide bonds. The maximum atomic E-state index is 12.4. The number of carboxylic acids is 1. The van der Waals surface area contributed by atoms with Crippen LogP contribution in [-0.4, -0.2) is 50.0 Å². The highest BCUT2D eigenvalue weighted by atomic mass is 32.2. The molecule has 27 heavy (non-hydrogen) atoms. The zero-order valence-electron chi connectivity index (χ0n) is 16.1. The monoisotopic (exact) mass is 398 g/mol. The molecule has 1 saturated heterocycles. The average molecular weight is 399 g/mol. The van der Waals surface area contributed by atoms with Crippen molar-refractivity contribution in [2.75, 3.05) is 26.2 Å². The van der Waals surface area contributed by atoms with Crippen LogP contribution in [0, 0.1) is 11.8 Å². The second kappa shape index (κ2) is 10.1. The summed E-state index contributed by atoms with van der Waals surface area (Å²) in [4.78, 5) is 11.1. The molecule has 152 valence electrons. The molecule has 0 aromatic heterocycles. The van der Waals surface area contributed by atoms with Crippen LogP contribution in [0.4, 0.5) is 0 Å². The Balaban J connectivity index is 1.78. The normalized spacial score (nSPS) is 18.6. The molecule has 1 aliphatic rings. The zero-order valence-corrected chi connectivity index (χ0v) is 16.9. The number of hydrogen-bond donors (Lipinski definition) is 2. The first-order valence-corrected chi connectivity index (χ1v) is 10.9. The van der Waals surface area contributed by atoms with Crippen molar-refractivity contribution < 1.29 is 23.1 Å². The van der Waals surface area contributed by atoms with Gasteiger partial charge in [0.05, 0.1) is 12.5 Å². The smallest absolute Gasteiger partial charge is 0.307 e. The third kappa shape index (κ3) is 7.12. The van der Waals surface area contributed by atoms with E-state index in [0.717, 1.165) is 17.7 Å². The molecule has 1 atom stereocenters. The maximum absolute atomic E-state index is 12.4. The SMILES string of the molecule is CC(C)CCOc1ccc(CCNS(=O)(=O)N2CCC[C@H](C(=O)O)C2)cc1. The Labute approximate surface area is 161 Å². The molecule has 0 aliphatic carbocycles. The van der Waals surface area contributed by atoms with E-state index in [4.69, 9.17) is 9.84 Å². The summed E-state index contributed by atoms with van der Waals surface area (Å²) in [5.41, 5.74) is 1.01. The lowest BCUT2D eigenvalue weighted by Gasteiger charge is -2.29. The van der Waals surface area contributed by atoms with E-state index in [2.05, 4.69) is 18.6 Å². The van der Waals surface area contributed by atoms with E-state index in [9.17, 15) is 13.2 Å². The van der Waals surface area contributed by atoms with Crippen molar-refractivity contribution in [3.8, 4) is 5.75 Å². The standard InChI is InChI=1S/C19H30N2O5S/c1-15(2)10-13-26-18-7-5-16(6-8-18)9-11-20-27(24,25)21-12-3-4-17(14-21)19(22)23/h5-8,15,17,20H,3-4,9-14H2,1-2H3,(H,22,23)/t17-/m0/s1. The number of nitrogens with zero attached hydrogens (tertiary/aromatic N) is 1. The molecule has 1 fully saturated rings. The summed E-state index contributed by atoms with van der Waals surface area (Å²) in [6, 6.07) is 7.65. The summed E-state index contributed by atoms with van der Waals surface area (Å²) in [7, 11) is -3.65. The summed E-state index contributed by atoms with van der Waals surface area (Å²) in [5.74, 6) is -0.153. The van der Waals surface area contributed by atoms with Crippen LogP contribution in [0.15, 0.2) is 24.3 Å². The van der Waals surface area contributed by atoms with Crippen LogP contribution in [-0.2, 0) is 21.4 Å². The number of hydrogen-bond acceptors (Lipinski definition) is 4. The van der Waals surface area contributed by atoms with Gasteiger partial charge < -0.3 is 9.84 Å². The molecule has 2 rings (SSSR count). The Morgan fingerprint density at radius 2 is 2.04 bits per heavy atom. The summed E-state index contributed by atoms with van der Waals surface area (Å²) < 4.78 is 34.2. The van der Waals surface area contributed by atoms with Crippen LogP contribution in [0.25, 0.3) is 0 Å². The number of nitrogens with one attached hydrogen (secondary N) is 1. The Morgan fingerprint density at radius 3 is 2.67 bits per heavy atom. The molecule has 1 heterocycles. The van der Waals surface area contributed by atoms with Gasteiger partial charge in [-0.3, -0.25) is 4.79 Å². The van der Waals surface area contributed by atoms with Gasteiger partial charge in [-0.1, -0.05) is 26.0 Å². The van der Waals surface area contributed by atoms with Gasteiger partial charge in [-0.15, -0.1) is 0 Å². The predicted molar refractivity (Wildman–Crippen MR) is 104 cm³/mol. The summed E-state index contributed by atoms with van der Waals surface area (Å²) in [6.07, 6.45) is 2.65. The minimum atomic E-state index is -3.65. The van der Waals surface area contributed by atoms with Crippen molar-refractivity contribution in [3.05, 3.63) is 29.8 Å². The van der Waals surface area contributed by atoms with Gasteiger partial charge in [0.1, 0.15) is 5.75 Å². The predicted octanol–water partition coefficient (Wildman–Crippen LogP) is 2.29. The van der Waals surface area contributed by atoms with Crippen molar-refractivity contribution in [2.45, 2.75) is 39.5 Å². The number of benzene rings is 1. The first-order chi connectivity index (χ1) is 12.8. The van der Waals surface area contributed by atoms with Crippen LogP contribution >= 0.6 is 0 Å². The van der Waals surface area contributed by atoms with Crippen LogP contribution in [0.1, 0.15) is 38.7 Å². The van der Waals surface area contributed by atoms with Gasteiger partial charge in [-0.05, 0) is 49.3 Å². The highest BCUT2D eigenvalue weighted by Gasteiger charge is 2.31. The number of carboxylic acid groups (broad SMARTS) is 1. The van der Waals surface area contributed by atoms with Gasteiger partial charge in [-0.25, -0.2) is 4.72 Å². The van der Waals surface area contributed by atoms with Crippen LogP contribution in [0.2, 0.25) is 0 Å². The van der Waals surface area contributed by atoms with E-state index < -0.39 is 22.1 Å². The van der Waals surface area contributed by atoms with Crippen molar-refractivity contribution in [1.82, 2.24) is 9.03 Å². The third-order valence-electron chi connectivity index (χ3n) is 4.66. The van der Waals surface area contributed by atoms with Gasteiger partial charge in [0.15, 0.2) is 0 Å². The van der Waals surface area contributed by atoms with Gasteiger partial charge in [-0.2, -0.15) is 12.7 Å². The van der Waals surface area contributed by atoms with Gasteiger partial charge in [0, 0.05) is 19.6 Å². The molecule has 0 unspecified atom stereocenters. The molecule has 8 heteroatoms. The molecule has 1 aliphatic heterocycles. The van der Waals surface area contributed by atoms with E-state index >= 15 is 0 Å². The van der Waals surface area contributed by atoms with Crippen molar-refractivity contribution in [3.63, 3.8) is 0 Å².